The van der Waals surface area contributed by atoms with E-state index in [1.54, 1.807) is 12.1 Å². The standard InChI is InChI=1S/C17H20N2O/c20-17-6-4-14(5-7-17)15-8-11-19(12-9-15)13-16-3-1-2-10-18-16/h1-7,10,15,20H,8-9,11-13H2. The summed E-state index contributed by atoms with van der Waals surface area (Å²) in [6.07, 6.45) is 4.22. The fourth-order valence-corrected chi connectivity index (χ4v) is 2.89. The maximum absolute atomic E-state index is 9.35. The fraction of sp³-hybridized carbons (Fsp3) is 0.353. The van der Waals surface area contributed by atoms with Crippen LogP contribution in [0.15, 0.2) is 48.7 Å². The molecule has 1 aliphatic rings. The summed E-state index contributed by atoms with van der Waals surface area (Å²) in [4.78, 5) is 6.86. The average molecular weight is 268 g/mol. The van der Waals surface area contributed by atoms with Gasteiger partial charge in [-0.1, -0.05) is 18.2 Å². The quantitative estimate of drug-likeness (QED) is 0.929. The van der Waals surface area contributed by atoms with Crippen LogP contribution in [0.25, 0.3) is 0 Å². The lowest BCUT2D eigenvalue weighted by molar-refractivity contribution is 0.202. The van der Waals surface area contributed by atoms with Crippen LogP contribution >= 0.6 is 0 Å². The molecule has 104 valence electrons. The predicted octanol–water partition coefficient (Wildman–Crippen LogP) is 3.17. The SMILES string of the molecule is Oc1ccc(C2CCN(Cc3ccccn3)CC2)cc1. The summed E-state index contributed by atoms with van der Waals surface area (Å²) >= 11 is 0. The Labute approximate surface area is 119 Å². The van der Waals surface area contributed by atoms with Crippen molar-refractivity contribution in [3.05, 3.63) is 59.9 Å². The topological polar surface area (TPSA) is 36.4 Å². The third-order valence-electron chi connectivity index (χ3n) is 4.06. The highest BCUT2D eigenvalue weighted by Crippen LogP contribution is 2.29. The molecule has 0 saturated carbocycles. The van der Waals surface area contributed by atoms with Crippen molar-refractivity contribution in [2.24, 2.45) is 0 Å². The first-order valence-corrected chi connectivity index (χ1v) is 7.22. The molecule has 3 heteroatoms. The fourth-order valence-electron chi connectivity index (χ4n) is 2.89. The molecule has 0 aliphatic carbocycles. The van der Waals surface area contributed by atoms with Crippen molar-refractivity contribution in [3.63, 3.8) is 0 Å². The molecule has 1 aromatic heterocycles. The summed E-state index contributed by atoms with van der Waals surface area (Å²) in [6, 6.07) is 13.8. The molecule has 0 bridgehead atoms. The number of pyridine rings is 1. The minimum absolute atomic E-state index is 0.348. The molecular formula is C17H20N2O. The van der Waals surface area contributed by atoms with Gasteiger partial charge in [0.2, 0.25) is 0 Å². The van der Waals surface area contributed by atoms with E-state index in [-0.39, 0.29) is 0 Å². The third-order valence-corrected chi connectivity index (χ3v) is 4.06. The van der Waals surface area contributed by atoms with Crippen molar-refractivity contribution in [1.82, 2.24) is 9.88 Å². The van der Waals surface area contributed by atoms with E-state index in [0.29, 0.717) is 11.7 Å². The van der Waals surface area contributed by atoms with Gasteiger partial charge in [-0.2, -0.15) is 0 Å². The second-order valence-corrected chi connectivity index (χ2v) is 5.46. The molecule has 1 N–H and O–H groups in total. The van der Waals surface area contributed by atoms with Crippen molar-refractivity contribution in [1.29, 1.82) is 0 Å². The summed E-state index contributed by atoms with van der Waals surface area (Å²) in [5.41, 5.74) is 2.50. The Balaban J connectivity index is 1.55. The number of phenols is 1. The molecule has 2 heterocycles. The van der Waals surface area contributed by atoms with Crippen molar-refractivity contribution in [3.8, 4) is 5.75 Å². The molecular weight excluding hydrogens is 248 g/mol. The third kappa shape index (κ3) is 3.17. The molecule has 3 rings (SSSR count). The summed E-state index contributed by atoms with van der Waals surface area (Å²) < 4.78 is 0. The van der Waals surface area contributed by atoms with Crippen LogP contribution in [0, 0.1) is 0 Å². The number of hydrogen-bond acceptors (Lipinski definition) is 3. The van der Waals surface area contributed by atoms with Crippen molar-refractivity contribution < 1.29 is 5.11 Å². The lowest BCUT2D eigenvalue weighted by Crippen LogP contribution is -2.32. The Morgan fingerprint density at radius 3 is 2.45 bits per heavy atom. The van der Waals surface area contributed by atoms with Gasteiger partial charge in [-0.3, -0.25) is 9.88 Å². The molecule has 1 aliphatic heterocycles. The highest BCUT2D eigenvalue weighted by Gasteiger charge is 2.20. The lowest BCUT2D eigenvalue weighted by atomic mass is 9.89. The Hall–Kier alpha value is -1.87. The maximum atomic E-state index is 9.35. The van der Waals surface area contributed by atoms with Crippen LogP contribution in [0.3, 0.4) is 0 Å². The molecule has 1 saturated heterocycles. The van der Waals surface area contributed by atoms with E-state index in [0.717, 1.165) is 25.3 Å². The zero-order valence-corrected chi connectivity index (χ0v) is 11.6. The van der Waals surface area contributed by atoms with Gasteiger partial charge in [0.25, 0.3) is 0 Å². The number of piperidine rings is 1. The van der Waals surface area contributed by atoms with Crippen molar-refractivity contribution in [2.45, 2.75) is 25.3 Å². The van der Waals surface area contributed by atoms with Crippen LogP contribution in [-0.2, 0) is 6.54 Å². The largest absolute Gasteiger partial charge is 0.508 e. The first-order chi connectivity index (χ1) is 9.81. The summed E-state index contributed by atoms with van der Waals surface area (Å²) in [6.45, 7) is 3.17. The molecule has 2 aromatic rings. The van der Waals surface area contributed by atoms with Crippen molar-refractivity contribution >= 4 is 0 Å². The van der Waals surface area contributed by atoms with E-state index in [1.807, 2.05) is 18.3 Å². The first-order valence-electron chi connectivity index (χ1n) is 7.22. The van der Waals surface area contributed by atoms with E-state index < -0.39 is 0 Å². The normalized spacial score (nSPS) is 17.2. The average Bonchev–Trinajstić information content (AvgIpc) is 2.50. The van der Waals surface area contributed by atoms with Crippen LogP contribution in [0.1, 0.15) is 30.0 Å². The van der Waals surface area contributed by atoms with Crippen molar-refractivity contribution in [2.75, 3.05) is 13.1 Å². The van der Waals surface area contributed by atoms with E-state index >= 15 is 0 Å². The first kappa shape index (κ1) is 13.1. The maximum Gasteiger partial charge on any atom is 0.115 e. The van der Waals surface area contributed by atoms with Crippen LogP contribution in [0.4, 0.5) is 0 Å². The number of hydrogen-bond donors (Lipinski definition) is 1. The predicted molar refractivity (Wildman–Crippen MR) is 79.6 cm³/mol. The Bertz CT molecular complexity index is 531. The van der Waals surface area contributed by atoms with Crippen LogP contribution in [-0.4, -0.2) is 28.1 Å². The number of benzene rings is 1. The smallest absolute Gasteiger partial charge is 0.115 e. The van der Waals surface area contributed by atoms with Gasteiger partial charge in [0.05, 0.1) is 5.69 Å². The van der Waals surface area contributed by atoms with Gasteiger partial charge in [0.15, 0.2) is 0 Å². The molecule has 0 atom stereocenters. The van der Waals surface area contributed by atoms with Gasteiger partial charge in [-0.15, -0.1) is 0 Å². The summed E-state index contributed by atoms with van der Waals surface area (Å²) in [7, 11) is 0. The molecule has 0 spiro atoms. The molecule has 1 aromatic carbocycles. The van der Waals surface area contributed by atoms with E-state index in [1.165, 1.54) is 18.4 Å². The number of phenolic OH excluding ortho intramolecular Hbond substituents is 1. The van der Waals surface area contributed by atoms with Crippen LogP contribution in [0.5, 0.6) is 5.75 Å². The Morgan fingerprint density at radius 2 is 1.80 bits per heavy atom. The summed E-state index contributed by atoms with van der Waals surface area (Å²) in [5.74, 6) is 0.969. The minimum Gasteiger partial charge on any atom is -0.508 e. The van der Waals surface area contributed by atoms with Gasteiger partial charge in [0.1, 0.15) is 5.75 Å². The van der Waals surface area contributed by atoms with Gasteiger partial charge in [-0.25, -0.2) is 0 Å². The Kier molecular flexibility index (Phi) is 3.97. The van der Waals surface area contributed by atoms with Gasteiger partial charge in [0, 0.05) is 12.7 Å². The zero-order valence-electron chi connectivity index (χ0n) is 11.6. The minimum atomic E-state index is 0.348. The van der Waals surface area contributed by atoms with E-state index in [9.17, 15) is 5.11 Å². The highest BCUT2D eigenvalue weighted by molar-refractivity contribution is 5.28. The zero-order chi connectivity index (χ0) is 13.8. The Morgan fingerprint density at radius 1 is 1.05 bits per heavy atom. The second-order valence-electron chi connectivity index (χ2n) is 5.46. The molecule has 0 amide bonds. The summed E-state index contributed by atoms with van der Waals surface area (Å²) in [5, 5.41) is 9.35. The highest BCUT2D eigenvalue weighted by atomic mass is 16.3. The number of likely N-dealkylation sites (tertiary alicyclic amines) is 1. The van der Waals surface area contributed by atoms with Gasteiger partial charge >= 0.3 is 0 Å². The van der Waals surface area contributed by atoms with Crippen LogP contribution < -0.4 is 0 Å². The van der Waals surface area contributed by atoms with Gasteiger partial charge in [-0.05, 0) is 61.7 Å². The molecule has 0 radical (unpaired) electrons. The second kappa shape index (κ2) is 6.06. The number of aromatic nitrogens is 1. The number of aromatic hydroxyl groups is 1. The van der Waals surface area contributed by atoms with E-state index in [4.69, 9.17) is 0 Å². The lowest BCUT2D eigenvalue weighted by Gasteiger charge is -2.31. The monoisotopic (exact) mass is 268 g/mol. The molecule has 1 fully saturated rings. The number of nitrogens with zero attached hydrogens (tertiary/aromatic N) is 2. The molecule has 0 unspecified atom stereocenters. The van der Waals surface area contributed by atoms with E-state index in [2.05, 4.69) is 28.1 Å². The molecule has 20 heavy (non-hydrogen) atoms. The molecule has 3 nitrogen and oxygen atoms in total. The van der Waals surface area contributed by atoms with Crippen LogP contribution in [0.2, 0.25) is 0 Å². The van der Waals surface area contributed by atoms with Gasteiger partial charge < -0.3 is 5.11 Å². The number of rotatable bonds is 3.